The molecule has 1 aliphatic carbocycles. The van der Waals surface area contributed by atoms with Gasteiger partial charge in [-0.1, -0.05) is 19.1 Å². The second-order valence-electron chi connectivity index (χ2n) is 7.48. The van der Waals surface area contributed by atoms with Crippen molar-refractivity contribution in [3.05, 3.63) is 53.6 Å². The van der Waals surface area contributed by atoms with Crippen molar-refractivity contribution in [1.82, 2.24) is 0 Å². The van der Waals surface area contributed by atoms with Gasteiger partial charge in [-0.25, -0.2) is 8.42 Å². The van der Waals surface area contributed by atoms with Crippen LogP contribution in [-0.4, -0.2) is 20.4 Å². The number of nitrogens with zero attached hydrogens (tertiary/aromatic N) is 1. The standard InChI is InChI=1S/C21H24N2O3S/c1-3-15-4-8-18(9-5-15)22-27(25,26)19-10-11-20-17(13-19)12-14(2)23(20)21(24)16-6-7-16/h4-5,8-11,13-14,16,22H,3,6-7,12H2,1-2H3/t14-/m0/s1. The molecule has 0 aromatic heterocycles. The summed E-state index contributed by atoms with van der Waals surface area (Å²) in [5, 5.41) is 0. The predicted molar refractivity (Wildman–Crippen MR) is 106 cm³/mol. The monoisotopic (exact) mass is 384 g/mol. The highest BCUT2D eigenvalue weighted by molar-refractivity contribution is 7.92. The first-order valence-electron chi connectivity index (χ1n) is 9.47. The van der Waals surface area contributed by atoms with Crippen LogP contribution in [-0.2, 0) is 27.7 Å². The molecule has 6 heteroatoms. The molecule has 1 amide bonds. The molecule has 2 aromatic carbocycles. The van der Waals surface area contributed by atoms with Gasteiger partial charge in [0.05, 0.1) is 4.90 Å². The number of rotatable bonds is 5. The summed E-state index contributed by atoms with van der Waals surface area (Å²) in [6.07, 6.45) is 3.52. The zero-order chi connectivity index (χ0) is 19.2. The molecule has 1 aliphatic heterocycles. The molecule has 27 heavy (non-hydrogen) atoms. The summed E-state index contributed by atoms with van der Waals surface area (Å²) in [4.78, 5) is 14.6. The fraction of sp³-hybridized carbons (Fsp3) is 0.381. The third-order valence-corrected chi connectivity index (χ3v) is 6.73. The number of nitrogens with one attached hydrogen (secondary N) is 1. The molecule has 0 unspecified atom stereocenters. The normalized spacial score (nSPS) is 19.0. The Morgan fingerprint density at radius 3 is 2.48 bits per heavy atom. The molecule has 1 heterocycles. The Balaban J connectivity index is 1.59. The van der Waals surface area contributed by atoms with Gasteiger partial charge in [0.15, 0.2) is 0 Å². The van der Waals surface area contributed by atoms with E-state index in [1.807, 2.05) is 24.0 Å². The molecule has 5 nitrogen and oxygen atoms in total. The van der Waals surface area contributed by atoms with Gasteiger partial charge < -0.3 is 4.90 Å². The molecule has 1 N–H and O–H groups in total. The molecule has 0 spiro atoms. The van der Waals surface area contributed by atoms with E-state index in [1.54, 1.807) is 30.3 Å². The van der Waals surface area contributed by atoms with Crippen molar-refractivity contribution in [2.24, 2.45) is 5.92 Å². The SMILES string of the molecule is CCc1ccc(NS(=O)(=O)c2ccc3c(c2)C[C@H](C)N3C(=O)C2CC2)cc1. The maximum Gasteiger partial charge on any atom is 0.261 e. The molecule has 2 aromatic rings. The van der Waals surface area contributed by atoms with Crippen LogP contribution in [0, 0.1) is 5.92 Å². The smallest absolute Gasteiger partial charge is 0.261 e. The van der Waals surface area contributed by atoms with Gasteiger partial charge in [-0.15, -0.1) is 0 Å². The summed E-state index contributed by atoms with van der Waals surface area (Å²) >= 11 is 0. The van der Waals surface area contributed by atoms with E-state index in [0.717, 1.165) is 36.1 Å². The number of hydrogen-bond donors (Lipinski definition) is 1. The maximum absolute atomic E-state index is 12.8. The van der Waals surface area contributed by atoms with Crippen molar-refractivity contribution in [1.29, 1.82) is 0 Å². The lowest BCUT2D eigenvalue weighted by Crippen LogP contribution is -2.36. The number of benzene rings is 2. The number of fused-ring (bicyclic) bond motifs is 1. The van der Waals surface area contributed by atoms with E-state index >= 15 is 0 Å². The van der Waals surface area contributed by atoms with Crippen LogP contribution in [0.1, 0.15) is 37.8 Å². The Kier molecular flexibility index (Phi) is 4.46. The number of amides is 1. The number of carbonyl (C=O) groups is 1. The zero-order valence-electron chi connectivity index (χ0n) is 15.6. The highest BCUT2D eigenvalue weighted by atomic mass is 32.2. The second-order valence-corrected chi connectivity index (χ2v) is 9.16. The second kappa shape index (κ2) is 6.68. The minimum atomic E-state index is -3.67. The van der Waals surface area contributed by atoms with Crippen molar-refractivity contribution in [2.75, 3.05) is 9.62 Å². The fourth-order valence-corrected chi connectivity index (χ4v) is 4.77. The predicted octanol–water partition coefficient (Wildman–Crippen LogP) is 3.74. The number of carbonyl (C=O) groups excluding carboxylic acids is 1. The summed E-state index contributed by atoms with van der Waals surface area (Å²) in [6.45, 7) is 4.07. The first kappa shape index (κ1) is 18.0. The summed E-state index contributed by atoms with van der Waals surface area (Å²) < 4.78 is 28.2. The first-order chi connectivity index (χ1) is 12.9. The third kappa shape index (κ3) is 3.46. The van der Waals surface area contributed by atoms with Gasteiger partial charge in [-0.05, 0) is 74.1 Å². The minimum Gasteiger partial charge on any atom is -0.309 e. The number of sulfonamides is 1. The third-order valence-electron chi connectivity index (χ3n) is 5.36. The van der Waals surface area contributed by atoms with Crippen LogP contribution < -0.4 is 9.62 Å². The zero-order valence-corrected chi connectivity index (χ0v) is 16.4. The van der Waals surface area contributed by atoms with Gasteiger partial charge in [0.2, 0.25) is 5.91 Å². The molecule has 0 radical (unpaired) electrons. The van der Waals surface area contributed by atoms with E-state index < -0.39 is 10.0 Å². The number of hydrogen-bond acceptors (Lipinski definition) is 3. The molecule has 0 bridgehead atoms. The Bertz CT molecular complexity index is 979. The van der Waals surface area contributed by atoms with E-state index in [-0.39, 0.29) is 22.8 Å². The number of anilines is 2. The van der Waals surface area contributed by atoms with Gasteiger partial charge in [0.1, 0.15) is 0 Å². The fourth-order valence-electron chi connectivity index (χ4n) is 3.66. The van der Waals surface area contributed by atoms with Crippen molar-refractivity contribution in [3.8, 4) is 0 Å². The van der Waals surface area contributed by atoms with Crippen molar-refractivity contribution >= 4 is 27.3 Å². The summed E-state index contributed by atoms with van der Waals surface area (Å²) in [5.41, 5.74) is 3.47. The topological polar surface area (TPSA) is 66.5 Å². The minimum absolute atomic E-state index is 0.0700. The highest BCUT2D eigenvalue weighted by Crippen LogP contribution is 2.39. The van der Waals surface area contributed by atoms with Crippen molar-refractivity contribution < 1.29 is 13.2 Å². The van der Waals surface area contributed by atoms with E-state index in [0.29, 0.717) is 12.1 Å². The maximum atomic E-state index is 12.8. The lowest BCUT2D eigenvalue weighted by Gasteiger charge is -2.22. The van der Waals surface area contributed by atoms with Crippen LogP contribution in [0.25, 0.3) is 0 Å². The summed E-state index contributed by atoms with van der Waals surface area (Å²) in [5.74, 6) is 0.320. The summed E-state index contributed by atoms with van der Waals surface area (Å²) in [6, 6.07) is 12.5. The average Bonchev–Trinajstić information content (AvgIpc) is 3.43. The summed E-state index contributed by atoms with van der Waals surface area (Å²) in [7, 11) is -3.67. The van der Waals surface area contributed by atoms with Crippen LogP contribution in [0.4, 0.5) is 11.4 Å². The lowest BCUT2D eigenvalue weighted by molar-refractivity contribution is -0.120. The highest BCUT2D eigenvalue weighted by Gasteiger charge is 2.39. The molecule has 1 fully saturated rings. The molecule has 0 saturated heterocycles. The quantitative estimate of drug-likeness (QED) is 0.854. The Morgan fingerprint density at radius 1 is 1.15 bits per heavy atom. The Hall–Kier alpha value is -2.34. The van der Waals surface area contributed by atoms with E-state index in [9.17, 15) is 13.2 Å². The molecule has 1 atom stereocenters. The van der Waals surface area contributed by atoms with Gasteiger partial charge in [0.25, 0.3) is 10.0 Å². The van der Waals surface area contributed by atoms with Gasteiger partial charge in [-0.3, -0.25) is 9.52 Å². The molecule has 142 valence electrons. The van der Waals surface area contributed by atoms with Crippen LogP contribution in [0.5, 0.6) is 0 Å². The van der Waals surface area contributed by atoms with Gasteiger partial charge in [0, 0.05) is 23.3 Å². The molecule has 2 aliphatic rings. The van der Waals surface area contributed by atoms with Gasteiger partial charge in [-0.2, -0.15) is 0 Å². The van der Waals surface area contributed by atoms with Crippen LogP contribution in [0.3, 0.4) is 0 Å². The van der Waals surface area contributed by atoms with Crippen molar-refractivity contribution in [3.63, 3.8) is 0 Å². The Morgan fingerprint density at radius 2 is 1.85 bits per heavy atom. The van der Waals surface area contributed by atoms with Crippen LogP contribution in [0.2, 0.25) is 0 Å². The van der Waals surface area contributed by atoms with Crippen LogP contribution in [0.15, 0.2) is 47.4 Å². The molecular formula is C21H24N2O3S. The molecule has 1 saturated carbocycles. The first-order valence-corrected chi connectivity index (χ1v) is 10.9. The van der Waals surface area contributed by atoms with E-state index in [1.165, 1.54) is 0 Å². The molecule has 4 rings (SSSR count). The largest absolute Gasteiger partial charge is 0.309 e. The van der Waals surface area contributed by atoms with Crippen molar-refractivity contribution in [2.45, 2.75) is 50.5 Å². The number of aryl methyl sites for hydroxylation is 1. The average molecular weight is 385 g/mol. The van der Waals surface area contributed by atoms with E-state index in [2.05, 4.69) is 11.6 Å². The lowest BCUT2D eigenvalue weighted by atomic mass is 10.1. The van der Waals surface area contributed by atoms with Crippen LogP contribution >= 0.6 is 0 Å². The molecular weight excluding hydrogens is 360 g/mol. The Labute approximate surface area is 160 Å². The van der Waals surface area contributed by atoms with Gasteiger partial charge >= 0.3 is 0 Å². The van der Waals surface area contributed by atoms with E-state index in [4.69, 9.17) is 0 Å².